The molecular formula is C19H20Br2N2O4S. The number of rotatable bonds is 5. The van der Waals surface area contributed by atoms with Crippen LogP contribution >= 0.6 is 43.6 Å². The number of benzene rings is 1. The first kappa shape index (κ1) is 21.4. The molecule has 0 radical (unpaired) electrons. The summed E-state index contributed by atoms with van der Waals surface area (Å²) in [5, 5.41) is -0.411. The fourth-order valence-electron chi connectivity index (χ4n) is 3.11. The van der Waals surface area contributed by atoms with Crippen LogP contribution in [0.15, 0.2) is 26.0 Å². The van der Waals surface area contributed by atoms with Crippen LogP contribution in [0.2, 0.25) is 0 Å². The molecule has 3 rings (SSSR count). The number of nitrogens with zero attached hydrogens (tertiary/aromatic N) is 2. The third kappa shape index (κ3) is 4.80. The molecule has 2 aliphatic rings. The Morgan fingerprint density at radius 3 is 2.43 bits per heavy atom. The lowest BCUT2D eigenvalue weighted by Crippen LogP contribution is -2.44. The van der Waals surface area contributed by atoms with E-state index in [9.17, 15) is 14.4 Å². The molecule has 0 N–H and O–H groups in total. The molecule has 0 aromatic heterocycles. The van der Waals surface area contributed by atoms with Crippen LogP contribution in [-0.4, -0.2) is 53.1 Å². The van der Waals surface area contributed by atoms with Crippen molar-refractivity contribution in [2.24, 2.45) is 0 Å². The van der Waals surface area contributed by atoms with Gasteiger partial charge in [-0.25, -0.2) is 0 Å². The van der Waals surface area contributed by atoms with E-state index in [4.69, 9.17) is 4.74 Å². The number of thioether (sulfide) groups is 1. The van der Waals surface area contributed by atoms with Crippen LogP contribution in [0, 0.1) is 0 Å². The number of ether oxygens (including phenoxy) is 1. The molecular weight excluding hydrogens is 512 g/mol. The number of halogens is 2. The highest BCUT2D eigenvalue weighted by molar-refractivity contribution is 9.11. The van der Waals surface area contributed by atoms with Crippen LogP contribution in [0.3, 0.4) is 0 Å². The van der Waals surface area contributed by atoms with Crippen molar-refractivity contribution in [3.05, 3.63) is 31.5 Å². The Labute approximate surface area is 184 Å². The third-order valence-corrected chi connectivity index (χ3v) is 6.57. The van der Waals surface area contributed by atoms with Crippen LogP contribution in [0.1, 0.15) is 31.7 Å². The maximum absolute atomic E-state index is 12.7. The van der Waals surface area contributed by atoms with Crippen molar-refractivity contribution in [3.8, 4) is 5.75 Å². The minimum atomic E-state index is -0.429. The van der Waals surface area contributed by atoms with Crippen LogP contribution in [0.25, 0.3) is 6.08 Å². The number of likely N-dealkylation sites (tertiary alicyclic amines) is 1. The van der Waals surface area contributed by atoms with Crippen molar-refractivity contribution in [3.63, 3.8) is 0 Å². The van der Waals surface area contributed by atoms with Gasteiger partial charge in [0, 0.05) is 13.1 Å². The van der Waals surface area contributed by atoms with E-state index < -0.39 is 11.1 Å². The molecule has 9 heteroatoms. The highest BCUT2D eigenvalue weighted by Gasteiger charge is 2.37. The fraction of sp³-hybridized carbons (Fsp3) is 0.421. The summed E-state index contributed by atoms with van der Waals surface area (Å²) in [6.07, 6.45) is 4.70. The van der Waals surface area contributed by atoms with Crippen molar-refractivity contribution >= 4 is 66.8 Å². The topological polar surface area (TPSA) is 66.9 Å². The molecule has 2 heterocycles. The Morgan fingerprint density at radius 2 is 1.82 bits per heavy atom. The molecule has 0 bridgehead atoms. The molecule has 0 unspecified atom stereocenters. The van der Waals surface area contributed by atoms with Gasteiger partial charge < -0.3 is 9.64 Å². The van der Waals surface area contributed by atoms with Gasteiger partial charge in [0.15, 0.2) is 0 Å². The minimum absolute atomic E-state index is 0.171. The number of piperidine rings is 1. The summed E-state index contributed by atoms with van der Waals surface area (Å²) in [6, 6.07) is 3.64. The third-order valence-electron chi connectivity index (χ3n) is 4.48. The number of carbonyl (C=O) groups is 3. The summed E-state index contributed by atoms with van der Waals surface area (Å²) < 4.78 is 7.05. The minimum Gasteiger partial charge on any atom is -0.492 e. The van der Waals surface area contributed by atoms with Gasteiger partial charge in [0.1, 0.15) is 12.3 Å². The molecule has 0 spiro atoms. The van der Waals surface area contributed by atoms with Crippen molar-refractivity contribution < 1.29 is 19.1 Å². The van der Waals surface area contributed by atoms with Gasteiger partial charge in [-0.05, 0) is 93.6 Å². The first-order valence-corrected chi connectivity index (χ1v) is 11.5. The molecule has 0 aliphatic carbocycles. The standard InChI is InChI=1S/C19H20Br2N2O4S/c1-2-27-17-13(20)8-12(9-14(17)21)10-15-18(25)23(19(26)28-15)11-16(24)22-6-4-3-5-7-22/h8-10H,2-7,11H2,1H3/b15-10-. The van der Waals surface area contributed by atoms with Crippen molar-refractivity contribution in [2.75, 3.05) is 26.2 Å². The van der Waals surface area contributed by atoms with Gasteiger partial charge in [0.25, 0.3) is 11.1 Å². The average Bonchev–Trinajstić information content (AvgIpc) is 2.93. The van der Waals surface area contributed by atoms with Crippen LogP contribution in [0.5, 0.6) is 5.75 Å². The van der Waals surface area contributed by atoms with Crippen molar-refractivity contribution in [1.29, 1.82) is 0 Å². The molecule has 6 nitrogen and oxygen atoms in total. The van der Waals surface area contributed by atoms with Crippen LogP contribution < -0.4 is 4.74 Å². The first-order chi connectivity index (χ1) is 13.4. The Morgan fingerprint density at radius 1 is 1.18 bits per heavy atom. The van der Waals surface area contributed by atoms with Gasteiger partial charge in [-0.15, -0.1) is 0 Å². The Balaban J connectivity index is 1.74. The average molecular weight is 532 g/mol. The summed E-state index contributed by atoms with van der Waals surface area (Å²) in [5.41, 5.74) is 0.745. The summed E-state index contributed by atoms with van der Waals surface area (Å²) in [4.78, 5) is 40.5. The first-order valence-electron chi connectivity index (χ1n) is 9.05. The largest absolute Gasteiger partial charge is 0.492 e. The Bertz CT molecular complexity index is 814. The van der Waals surface area contributed by atoms with Gasteiger partial charge in [-0.1, -0.05) is 0 Å². The number of carbonyl (C=O) groups excluding carboxylic acids is 3. The van der Waals surface area contributed by atoms with E-state index in [0.29, 0.717) is 30.4 Å². The monoisotopic (exact) mass is 530 g/mol. The summed E-state index contributed by atoms with van der Waals surface area (Å²) in [7, 11) is 0. The van der Waals surface area contributed by atoms with E-state index in [-0.39, 0.29) is 12.5 Å². The molecule has 1 aromatic carbocycles. The van der Waals surface area contributed by atoms with E-state index in [0.717, 1.165) is 50.4 Å². The van der Waals surface area contributed by atoms with E-state index in [1.165, 1.54) is 0 Å². The molecule has 150 valence electrons. The highest BCUT2D eigenvalue weighted by atomic mass is 79.9. The number of hydrogen-bond donors (Lipinski definition) is 0. The predicted octanol–water partition coefficient (Wildman–Crippen LogP) is 4.66. The van der Waals surface area contributed by atoms with Gasteiger partial charge in [-0.3, -0.25) is 19.3 Å². The van der Waals surface area contributed by atoms with E-state index in [2.05, 4.69) is 31.9 Å². The molecule has 1 aromatic rings. The molecule has 2 aliphatic heterocycles. The SMILES string of the molecule is CCOc1c(Br)cc(/C=C2\SC(=O)N(CC(=O)N3CCCCC3)C2=O)cc1Br. The summed E-state index contributed by atoms with van der Waals surface area (Å²) >= 11 is 7.78. The maximum Gasteiger partial charge on any atom is 0.294 e. The zero-order valence-electron chi connectivity index (χ0n) is 15.4. The quantitative estimate of drug-likeness (QED) is 0.517. The molecule has 3 amide bonds. The maximum atomic E-state index is 12.7. The van der Waals surface area contributed by atoms with Crippen LogP contribution in [-0.2, 0) is 9.59 Å². The number of hydrogen-bond acceptors (Lipinski definition) is 5. The van der Waals surface area contributed by atoms with Crippen molar-refractivity contribution in [2.45, 2.75) is 26.2 Å². The smallest absolute Gasteiger partial charge is 0.294 e. The second kappa shape index (κ2) is 9.45. The second-order valence-corrected chi connectivity index (χ2v) is 9.16. The molecule has 0 saturated carbocycles. The fourth-order valence-corrected chi connectivity index (χ4v) is 5.40. The zero-order valence-corrected chi connectivity index (χ0v) is 19.4. The van der Waals surface area contributed by atoms with Crippen molar-refractivity contribution in [1.82, 2.24) is 9.80 Å². The Hall–Kier alpha value is -1.32. The van der Waals surface area contributed by atoms with E-state index in [1.807, 2.05) is 19.1 Å². The van der Waals surface area contributed by atoms with E-state index >= 15 is 0 Å². The van der Waals surface area contributed by atoms with Crippen LogP contribution in [0.4, 0.5) is 4.79 Å². The molecule has 2 fully saturated rings. The molecule has 0 atom stereocenters. The lowest BCUT2D eigenvalue weighted by atomic mass is 10.1. The predicted molar refractivity (Wildman–Crippen MR) is 116 cm³/mol. The highest BCUT2D eigenvalue weighted by Crippen LogP contribution is 2.37. The summed E-state index contributed by atoms with van der Waals surface area (Å²) in [5.74, 6) is 0.0798. The Kier molecular flexibility index (Phi) is 7.22. The normalized spacial score (nSPS) is 18.9. The lowest BCUT2D eigenvalue weighted by molar-refractivity contribution is -0.136. The molecule has 28 heavy (non-hydrogen) atoms. The zero-order chi connectivity index (χ0) is 20.3. The molecule has 2 saturated heterocycles. The van der Waals surface area contributed by atoms with Gasteiger partial charge in [0.05, 0.1) is 20.5 Å². The van der Waals surface area contributed by atoms with E-state index in [1.54, 1.807) is 11.0 Å². The van der Waals surface area contributed by atoms with Gasteiger partial charge >= 0.3 is 0 Å². The second-order valence-electron chi connectivity index (χ2n) is 6.46. The summed E-state index contributed by atoms with van der Waals surface area (Å²) in [6.45, 7) is 3.62. The lowest BCUT2D eigenvalue weighted by Gasteiger charge is -2.27. The number of amides is 3. The van der Waals surface area contributed by atoms with Gasteiger partial charge in [0.2, 0.25) is 5.91 Å². The van der Waals surface area contributed by atoms with Gasteiger partial charge in [-0.2, -0.15) is 0 Å². The number of imide groups is 1.